The third-order valence-corrected chi connectivity index (χ3v) is 5.24. The van der Waals surface area contributed by atoms with Crippen molar-refractivity contribution in [2.75, 3.05) is 7.11 Å². The van der Waals surface area contributed by atoms with Gasteiger partial charge in [0.05, 0.1) is 31.0 Å². The van der Waals surface area contributed by atoms with Crippen molar-refractivity contribution < 1.29 is 9.53 Å². The average Bonchev–Trinajstić information content (AvgIpc) is 3.23. The molecular formula is C24H25N5O3. The van der Waals surface area contributed by atoms with Crippen LogP contribution >= 0.6 is 0 Å². The van der Waals surface area contributed by atoms with E-state index in [4.69, 9.17) is 4.74 Å². The van der Waals surface area contributed by atoms with Crippen LogP contribution in [0.5, 0.6) is 5.75 Å². The molecule has 0 spiro atoms. The standard InChI is InChI=1S/C24H25N5O3/c1-15(2)24(27-22(30)11-16-6-4-8-18(10-16)32-3)20-13-23(31)29-21(26-20)12-19(28-29)17-7-5-9-25-14-17/h4-10,12-15,24,28H,11H2,1-3H3,(H,27,30). The molecule has 0 fully saturated rings. The molecule has 1 aromatic carbocycles. The number of fused-ring (bicyclic) bond motifs is 1. The summed E-state index contributed by atoms with van der Waals surface area (Å²) in [4.78, 5) is 34.3. The number of amides is 1. The lowest BCUT2D eigenvalue weighted by Gasteiger charge is -2.22. The van der Waals surface area contributed by atoms with Crippen LogP contribution in [0.15, 0.2) is 65.7 Å². The summed E-state index contributed by atoms with van der Waals surface area (Å²) >= 11 is 0. The van der Waals surface area contributed by atoms with Gasteiger partial charge in [-0.3, -0.25) is 19.7 Å². The second kappa shape index (κ2) is 9.05. The van der Waals surface area contributed by atoms with E-state index in [2.05, 4.69) is 20.4 Å². The smallest absolute Gasteiger partial charge is 0.272 e. The van der Waals surface area contributed by atoms with Crippen molar-refractivity contribution in [2.45, 2.75) is 26.3 Å². The minimum atomic E-state index is -0.400. The Hall–Kier alpha value is -3.94. The third-order valence-electron chi connectivity index (χ3n) is 5.24. The Balaban J connectivity index is 1.60. The van der Waals surface area contributed by atoms with Crippen LogP contribution in [0.25, 0.3) is 16.9 Å². The topological polar surface area (TPSA) is 101 Å². The average molecular weight is 431 g/mol. The number of nitrogens with zero attached hydrogens (tertiary/aromatic N) is 3. The van der Waals surface area contributed by atoms with Gasteiger partial charge in [0.15, 0.2) is 5.65 Å². The van der Waals surface area contributed by atoms with Gasteiger partial charge in [0, 0.05) is 30.1 Å². The minimum absolute atomic E-state index is 0.0374. The number of aromatic amines is 1. The zero-order valence-electron chi connectivity index (χ0n) is 18.2. The monoisotopic (exact) mass is 431 g/mol. The van der Waals surface area contributed by atoms with Crippen LogP contribution in [-0.2, 0) is 11.2 Å². The fourth-order valence-corrected chi connectivity index (χ4v) is 3.61. The Labute approximate surface area is 185 Å². The summed E-state index contributed by atoms with van der Waals surface area (Å²) in [5, 5.41) is 6.10. The largest absolute Gasteiger partial charge is 0.497 e. The number of rotatable bonds is 7. The van der Waals surface area contributed by atoms with E-state index >= 15 is 0 Å². The maximum atomic E-state index is 12.8. The number of nitrogens with one attached hydrogen (secondary N) is 2. The van der Waals surface area contributed by atoms with Crippen molar-refractivity contribution in [3.05, 3.63) is 82.5 Å². The number of hydrogen-bond acceptors (Lipinski definition) is 5. The highest BCUT2D eigenvalue weighted by Gasteiger charge is 2.22. The first-order valence-electron chi connectivity index (χ1n) is 10.4. The van der Waals surface area contributed by atoms with Gasteiger partial charge in [-0.2, -0.15) is 0 Å². The number of ether oxygens (including phenoxy) is 1. The van der Waals surface area contributed by atoms with E-state index in [9.17, 15) is 9.59 Å². The van der Waals surface area contributed by atoms with Crippen molar-refractivity contribution in [1.29, 1.82) is 0 Å². The molecule has 0 saturated carbocycles. The number of benzene rings is 1. The quantitative estimate of drug-likeness (QED) is 0.468. The SMILES string of the molecule is COc1cccc(CC(=O)NC(c2cc(=O)n3[nH]c(-c4cccnc4)cc3n2)C(C)C)c1. The van der Waals surface area contributed by atoms with E-state index in [1.54, 1.807) is 25.6 Å². The summed E-state index contributed by atoms with van der Waals surface area (Å²) < 4.78 is 6.62. The summed E-state index contributed by atoms with van der Waals surface area (Å²) in [6.45, 7) is 3.97. The molecule has 0 saturated heterocycles. The van der Waals surface area contributed by atoms with Crippen molar-refractivity contribution in [1.82, 2.24) is 24.9 Å². The van der Waals surface area contributed by atoms with Crippen LogP contribution in [0.1, 0.15) is 31.1 Å². The fraction of sp³-hybridized carbons (Fsp3) is 0.250. The maximum Gasteiger partial charge on any atom is 0.272 e. The van der Waals surface area contributed by atoms with Gasteiger partial charge in [0.2, 0.25) is 5.91 Å². The summed E-state index contributed by atoms with van der Waals surface area (Å²) in [5.74, 6) is 0.590. The van der Waals surface area contributed by atoms with E-state index in [0.29, 0.717) is 17.1 Å². The number of aromatic nitrogens is 4. The lowest BCUT2D eigenvalue weighted by molar-refractivity contribution is -0.121. The van der Waals surface area contributed by atoms with Crippen LogP contribution in [0, 0.1) is 5.92 Å². The molecule has 0 aliphatic rings. The molecule has 1 atom stereocenters. The van der Waals surface area contributed by atoms with Gasteiger partial charge in [0.1, 0.15) is 5.75 Å². The highest BCUT2D eigenvalue weighted by atomic mass is 16.5. The molecule has 32 heavy (non-hydrogen) atoms. The molecule has 2 N–H and O–H groups in total. The van der Waals surface area contributed by atoms with E-state index in [-0.39, 0.29) is 23.8 Å². The molecule has 8 nitrogen and oxygen atoms in total. The van der Waals surface area contributed by atoms with Gasteiger partial charge in [-0.1, -0.05) is 26.0 Å². The Morgan fingerprint density at radius 2 is 2.03 bits per heavy atom. The molecule has 8 heteroatoms. The molecular weight excluding hydrogens is 406 g/mol. The summed E-state index contributed by atoms with van der Waals surface area (Å²) in [6.07, 6.45) is 3.61. The zero-order valence-corrected chi connectivity index (χ0v) is 18.2. The molecule has 4 aromatic rings. The van der Waals surface area contributed by atoms with Gasteiger partial charge in [0.25, 0.3) is 5.56 Å². The molecule has 3 heterocycles. The number of pyridine rings is 1. The van der Waals surface area contributed by atoms with E-state index in [1.165, 1.54) is 10.6 Å². The molecule has 4 rings (SSSR count). The number of hydrogen-bond donors (Lipinski definition) is 2. The molecule has 0 radical (unpaired) electrons. The Bertz CT molecular complexity index is 1290. The van der Waals surface area contributed by atoms with Crippen LogP contribution in [0.2, 0.25) is 0 Å². The molecule has 164 valence electrons. The number of H-pyrrole nitrogens is 1. The second-order valence-corrected chi connectivity index (χ2v) is 7.94. The van der Waals surface area contributed by atoms with E-state index in [1.807, 2.05) is 50.2 Å². The van der Waals surface area contributed by atoms with Gasteiger partial charge >= 0.3 is 0 Å². The minimum Gasteiger partial charge on any atom is -0.497 e. The van der Waals surface area contributed by atoms with E-state index in [0.717, 1.165) is 16.8 Å². The lowest BCUT2D eigenvalue weighted by atomic mass is 10.00. The predicted octanol–water partition coefficient (Wildman–Crippen LogP) is 3.15. The lowest BCUT2D eigenvalue weighted by Crippen LogP contribution is -2.34. The molecule has 3 aromatic heterocycles. The molecule has 0 aliphatic carbocycles. The highest BCUT2D eigenvalue weighted by molar-refractivity contribution is 5.79. The second-order valence-electron chi connectivity index (χ2n) is 7.94. The maximum absolute atomic E-state index is 12.8. The number of carbonyl (C=O) groups excluding carboxylic acids is 1. The van der Waals surface area contributed by atoms with Crippen molar-refractivity contribution >= 4 is 11.6 Å². The third kappa shape index (κ3) is 4.54. The zero-order chi connectivity index (χ0) is 22.7. The number of carbonyl (C=O) groups is 1. The normalized spacial score (nSPS) is 12.1. The van der Waals surface area contributed by atoms with Crippen LogP contribution in [0.3, 0.4) is 0 Å². The van der Waals surface area contributed by atoms with Crippen LogP contribution in [-0.4, -0.2) is 32.6 Å². The number of methoxy groups -OCH3 is 1. The molecule has 0 bridgehead atoms. The Morgan fingerprint density at radius 1 is 1.19 bits per heavy atom. The van der Waals surface area contributed by atoms with Gasteiger partial charge in [-0.15, -0.1) is 0 Å². The summed E-state index contributed by atoms with van der Waals surface area (Å²) in [5.41, 5.74) is 3.21. The van der Waals surface area contributed by atoms with Crippen LogP contribution in [0.4, 0.5) is 0 Å². The van der Waals surface area contributed by atoms with Gasteiger partial charge in [-0.05, 0) is 35.7 Å². The first-order chi connectivity index (χ1) is 15.4. The van der Waals surface area contributed by atoms with Crippen molar-refractivity contribution in [2.24, 2.45) is 5.92 Å². The highest BCUT2D eigenvalue weighted by Crippen LogP contribution is 2.22. The first kappa shape index (κ1) is 21.3. The fourth-order valence-electron chi connectivity index (χ4n) is 3.61. The molecule has 1 unspecified atom stereocenters. The van der Waals surface area contributed by atoms with Crippen molar-refractivity contribution in [3.8, 4) is 17.0 Å². The van der Waals surface area contributed by atoms with E-state index < -0.39 is 6.04 Å². The predicted molar refractivity (Wildman–Crippen MR) is 121 cm³/mol. The Kier molecular flexibility index (Phi) is 6.02. The van der Waals surface area contributed by atoms with Gasteiger partial charge in [-0.25, -0.2) is 9.50 Å². The van der Waals surface area contributed by atoms with Gasteiger partial charge < -0.3 is 10.1 Å². The molecule has 0 aliphatic heterocycles. The molecule has 1 amide bonds. The summed E-state index contributed by atoms with van der Waals surface area (Å²) in [6, 6.07) is 14.0. The Morgan fingerprint density at radius 3 is 2.75 bits per heavy atom. The first-order valence-corrected chi connectivity index (χ1v) is 10.4. The van der Waals surface area contributed by atoms with Crippen molar-refractivity contribution in [3.63, 3.8) is 0 Å². The van der Waals surface area contributed by atoms with Crippen LogP contribution < -0.4 is 15.6 Å². The summed E-state index contributed by atoms with van der Waals surface area (Å²) in [7, 11) is 1.59.